The fraction of sp³-hybridized carbons (Fsp3) is 0.375. The Hall–Kier alpha value is -1.42. The predicted octanol–water partition coefficient (Wildman–Crippen LogP) is 2.62. The fourth-order valence-electron chi connectivity index (χ4n) is 2.12. The summed E-state index contributed by atoms with van der Waals surface area (Å²) in [5, 5.41) is 19.6. The van der Waals surface area contributed by atoms with E-state index in [9.17, 15) is 33.9 Å². The molecule has 0 aliphatic carbocycles. The van der Waals surface area contributed by atoms with Gasteiger partial charge >= 0.3 is 5.97 Å². The van der Waals surface area contributed by atoms with Crippen molar-refractivity contribution in [2.75, 3.05) is 30.4 Å². The monoisotopic (exact) mass is 496 g/mol. The Morgan fingerprint density at radius 1 is 1.00 bits per heavy atom. The normalized spacial score (nSPS) is 15.3. The molecule has 2 aromatic rings. The summed E-state index contributed by atoms with van der Waals surface area (Å²) in [5.74, 6) is -1.58. The summed E-state index contributed by atoms with van der Waals surface area (Å²) in [4.78, 5) is 40.5. The van der Waals surface area contributed by atoms with Gasteiger partial charge in [0.1, 0.15) is 5.03 Å². The van der Waals surface area contributed by atoms with Gasteiger partial charge in [-0.05, 0) is 22.9 Å². The van der Waals surface area contributed by atoms with Crippen molar-refractivity contribution in [1.82, 2.24) is 9.71 Å². The van der Waals surface area contributed by atoms with Gasteiger partial charge in [0.25, 0.3) is 0 Å². The highest BCUT2D eigenvalue weighted by molar-refractivity contribution is 8.76. The molecule has 0 amide bonds. The average Bonchev–Trinajstić information content (AvgIpc) is 3.01. The van der Waals surface area contributed by atoms with Crippen LogP contribution in [0, 0.1) is 0 Å². The van der Waals surface area contributed by atoms with E-state index in [4.69, 9.17) is 0 Å². The van der Waals surface area contributed by atoms with E-state index in [-0.39, 0.29) is 12.3 Å². The average molecular weight is 496 g/mol. The first-order valence-electron chi connectivity index (χ1n) is 8.71. The summed E-state index contributed by atoms with van der Waals surface area (Å²) < 4.78 is 24.9. The number of hydrogen-bond donors (Lipinski definition) is 4. The minimum Gasteiger partial charge on any atom is -0.492 e. The number of nitrogens with zero attached hydrogens (tertiary/aromatic N) is 2. The molecule has 0 saturated heterocycles. The lowest BCUT2D eigenvalue weighted by Crippen LogP contribution is -2.20. The number of pyridine rings is 1. The van der Waals surface area contributed by atoms with Gasteiger partial charge in [0, 0.05) is 48.7 Å². The van der Waals surface area contributed by atoms with E-state index in [1.54, 1.807) is 12.3 Å². The van der Waals surface area contributed by atoms with Crippen LogP contribution in [-0.2, 0) is 13.9 Å². The Morgan fingerprint density at radius 3 is 2.23 bits per heavy atom. The Labute approximate surface area is 180 Å². The molecule has 30 heavy (non-hydrogen) atoms. The molecular formula is C16H22N2O8P2S2. The van der Waals surface area contributed by atoms with Crippen molar-refractivity contribution in [2.24, 2.45) is 0 Å². The van der Waals surface area contributed by atoms with E-state index in [0.717, 1.165) is 17.2 Å². The van der Waals surface area contributed by atoms with Crippen LogP contribution in [0.4, 0.5) is 0 Å². The van der Waals surface area contributed by atoms with Gasteiger partial charge in [-0.2, -0.15) is 0 Å². The molecule has 0 fully saturated rings. The number of carbonyl (C=O) groups is 1. The van der Waals surface area contributed by atoms with E-state index in [0.29, 0.717) is 10.5 Å². The molecular weight excluding hydrogens is 474 g/mol. The van der Waals surface area contributed by atoms with Crippen LogP contribution in [0.5, 0.6) is 11.8 Å². The zero-order chi connectivity index (χ0) is 22.2. The molecule has 10 nitrogen and oxygen atoms in total. The van der Waals surface area contributed by atoms with Crippen molar-refractivity contribution in [1.29, 1.82) is 0 Å². The highest BCUT2D eigenvalue weighted by atomic mass is 33.1. The largest absolute Gasteiger partial charge is 0.492 e. The van der Waals surface area contributed by atoms with Gasteiger partial charge in [0.15, 0.2) is 0 Å². The molecule has 0 bridgehead atoms. The van der Waals surface area contributed by atoms with Crippen LogP contribution in [-0.4, -0.2) is 66.1 Å². The van der Waals surface area contributed by atoms with E-state index in [1.165, 1.54) is 21.6 Å². The van der Waals surface area contributed by atoms with Gasteiger partial charge in [-0.1, -0.05) is 16.9 Å². The Morgan fingerprint density at radius 2 is 1.63 bits per heavy atom. The molecule has 0 aliphatic heterocycles. The first-order valence-corrected chi connectivity index (χ1v) is 15.1. The van der Waals surface area contributed by atoms with Gasteiger partial charge in [0.05, 0.1) is 6.42 Å². The Bertz CT molecular complexity index is 921. The Kier molecular flexibility index (Phi) is 9.33. The molecule has 0 radical (unpaired) electrons. The first kappa shape index (κ1) is 24.8. The zero-order valence-electron chi connectivity index (χ0n) is 15.7. The van der Waals surface area contributed by atoms with Crippen LogP contribution in [0.25, 0.3) is 0 Å². The maximum Gasteiger partial charge on any atom is 0.333 e. The molecule has 2 atom stereocenters. The van der Waals surface area contributed by atoms with Gasteiger partial charge < -0.3 is 24.8 Å². The van der Waals surface area contributed by atoms with E-state index >= 15 is 0 Å². The maximum atomic E-state index is 12.2. The smallest absolute Gasteiger partial charge is 0.333 e. The van der Waals surface area contributed by atoms with E-state index < -0.39 is 51.2 Å². The predicted molar refractivity (Wildman–Crippen MR) is 116 cm³/mol. The number of rotatable bonds is 12. The van der Waals surface area contributed by atoms with Gasteiger partial charge in [-0.15, -0.1) is 4.73 Å². The second-order valence-electron chi connectivity index (χ2n) is 6.22. The van der Waals surface area contributed by atoms with Crippen LogP contribution in [0.1, 0.15) is 6.42 Å². The number of hydrogen-bond acceptors (Lipinski definition) is 9. The minimum atomic E-state index is -3.83. The molecule has 2 heterocycles. The second kappa shape index (κ2) is 11.3. The molecule has 4 N–H and O–H groups in total. The van der Waals surface area contributed by atoms with Crippen LogP contribution < -0.4 is 4.84 Å². The van der Waals surface area contributed by atoms with Gasteiger partial charge in [-0.3, -0.25) is 9.13 Å². The zero-order valence-corrected chi connectivity index (χ0v) is 19.2. The van der Waals surface area contributed by atoms with Crippen LogP contribution in [0.3, 0.4) is 0 Å². The molecule has 2 aromatic heterocycles. The Balaban J connectivity index is 1.70. The molecule has 0 aromatic carbocycles. The van der Waals surface area contributed by atoms with Crippen LogP contribution >= 0.6 is 36.3 Å². The lowest BCUT2D eigenvalue weighted by atomic mass is 10.5. The molecule has 14 heteroatoms. The van der Waals surface area contributed by atoms with Gasteiger partial charge in [-0.25, -0.2) is 9.78 Å². The fourth-order valence-corrected chi connectivity index (χ4v) is 9.06. The summed E-state index contributed by atoms with van der Waals surface area (Å²) in [6.45, 7) is 0. The second-order valence-corrected chi connectivity index (χ2v) is 13.8. The molecule has 2 unspecified atom stereocenters. The summed E-state index contributed by atoms with van der Waals surface area (Å²) in [6.07, 6.45) is 0.0100. The lowest BCUT2D eigenvalue weighted by Gasteiger charge is -2.15. The highest BCUT2D eigenvalue weighted by Crippen LogP contribution is 2.49. The maximum absolute atomic E-state index is 12.2. The molecule has 0 saturated carbocycles. The quantitative estimate of drug-likeness (QED) is 0.194. The third-order valence-corrected chi connectivity index (χ3v) is 10.4. The number of aromatic nitrogens is 2. The lowest BCUT2D eigenvalue weighted by molar-refractivity contribution is -0.145. The van der Waals surface area contributed by atoms with Crippen LogP contribution in [0.15, 0.2) is 41.6 Å². The van der Waals surface area contributed by atoms with Crippen molar-refractivity contribution >= 4 is 42.3 Å². The molecule has 166 valence electrons. The standard InChI is InChI=1S/C16H22N2O8P2S2/c19-14-4-5-15(20)18(14)26-16(21)6-8-27(22,23)9-10-28(24,25)11-12-29-30-13-3-1-2-7-17-13/h1-5,7,19-20H,6,8-12H2,(H,22,23)(H,24,25). The topological polar surface area (TPSA) is 159 Å². The molecule has 2 rings (SSSR count). The first-order chi connectivity index (χ1) is 14.1. The summed E-state index contributed by atoms with van der Waals surface area (Å²) in [5.41, 5.74) is 0. The third-order valence-electron chi connectivity index (χ3n) is 3.76. The molecule has 0 spiro atoms. The SMILES string of the molecule is O=C(CCP(=O)(O)CCP(=O)(O)CCSSc1ccccn1)On1c(O)ccc1O. The van der Waals surface area contributed by atoms with Crippen molar-refractivity contribution in [3.05, 3.63) is 36.5 Å². The summed E-state index contributed by atoms with van der Waals surface area (Å²) in [6, 6.07) is 7.66. The van der Waals surface area contributed by atoms with Crippen molar-refractivity contribution in [3.8, 4) is 11.8 Å². The van der Waals surface area contributed by atoms with Crippen molar-refractivity contribution < 1.29 is 38.8 Å². The van der Waals surface area contributed by atoms with Crippen molar-refractivity contribution in [3.63, 3.8) is 0 Å². The molecule has 0 aliphatic rings. The van der Waals surface area contributed by atoms with E-state index in [1.807, 2.05) is 12.1 Å². The van der Waals surface area contributed by atoms with Crippen LogP contribution in [0.2, 0.25) is 0 Å². The highest BCUT2D eigenvalue weighted by Gasteiger charge is 2.27. The third kappa shape index (κ3) is 8.75. The van der Waals surface area contributed by atoms with Gasteiger partial charge in [0.2, 0.25) is 26.5 Å². The number of aromatic hydroxyl groups is 2. The summed E-state index contributed by atoms with van der Waals surface area (Å²) in [7, 11) is -4.67. The van der Waals surface area contributed by atoms with Crippen molar-refractivity contribution in [2.45, 2.75) is 11.4 Å². The minimum absolute atomic E-state index is 0.00821. The van der Waals surface area contributed by atoms with E-state index in [2.05, 4.69) is 9.82 Å². The number of carbonyl (C=O) groups excluding carboxylic acids is 1. The summed E-state index contributed by atoms with van der Waals surface area (Å²) >= 11 is 0.